The van der Waals surface area contributed by atoms with Crippen molar-refractivity contribution in [3.8, 4) is 11.1 Å². The number of aliphatic hydroxyl groups is 1. The molecule has 2 unspecified atom stereocenters. The summed E-state index contributed by atoms with van der Waals surface area (Å²) in [5, 5.41) is 14.8. The minimum atomic E-state index is -0.649. The molecule has 0 bridgehead atoms. The third-order valence-electron chi connectivity index (χ3n) is 8.21. The quantitative estimate of drug-likeness (QED) is 0.112. The van der Waals surface area contributed by atoms with Gasteiger partial charge >= 0.3 is 0 Å². The number of anilines is 2. The molecule has 1 aliphatic carbocycles. The van der Waals surface area contributed by atoms with Crippen LogP contribution in [0.15, 0.2) is 103 Å². The lowest BCUT2D eigenvalue weighted by molar-refractivity contribution is -0.151. The normalized spacial score (nSPS) is 16.5. The fraction of sp³-hybridized carbons (Fsp3) is 0.243. The number of nitrogens with two attached hydrogens (primary N) is 1. The van der Waals surface area contributed by atoms with Crippen molar-refractivity contribution in [3.63, 3.8) is 0 Å². The highest BCUT2D eigenvalue weighted by molar-refractivity contribution is 6.05. The van der Waals surface area contributed by atoms with Crippen LogP contribution in [0, 0.1) is 0 Å². The Kier molecular flexibility index (Phi) is 9.73. The topological polar surface area (TPSA) is 132 Å². The Morgan fingerprint density at radius 1 is 0.870 bits per heavy atom. The number of para-hydroxylation sites is 2. The van der Waals surface area contributed by atoms with Crippen LogP contribution in [0.5, 0.6) is 0 Å². The van der Waals surface area contributed by atoms with Crippen LogP contribution >= 0.6 is 0 Å². The summed E-state index contributed by atoms with van der Waals surface area (Å²) < 4.78 is 17.4. The van der Waals surface area contributed by atoms with E-state index in [0.29, 0.717) is 30.0 Å². The van der Waals surface area contributed by atoms with E-state index in [1.54, 1.807) is 48.5 Å². The lowest BCUT2D eigenvalue weighted by Gasteiger charge is -2.30. The number of carbonyl (C=O) groups is 2. The summed E-state index contributed by atoms with van der Waals surface area (Å²) >= 11 is 0. The number of nitrogen functional groups attached to an aromatic ring is 1. The molecule has 5 N–H and O–H groups in total. The Hall–Kier alpha value is -4.96. The van der Waals surface area contributed by atoms with Crippen molar-refractivity contribution in [1.29, 1.82) is 0 Å². The van der Waals surface area contributed by atoms with Crippen LogP contribution in [0.2, 0.25) is 0 Å². The van der Waals surface area contributed by atoms with Gasteiger partial charge in [0.2, 0.25) is 6.29 Å². The summed E-state index contributed by atoms with van der Waals surface area (Å²) in [4.78, 5) is 26.1. The maximum absolute atomic E-state index is 13.4. The standard InChI is InChI=1S/C37H37N3O6/c38-32-10-3-4-11-33(32)40-36(42)25-14-12-24(13-15-25)23-39-37(43)34-21-27(22-35(46-34)45-19-18-44-17-16-41)29-8-5-9-30-28-7-2-1-6-26(28)20-31(29)30/h1-15,21,27,35,41H,16-20,22-23,38H2,(H,39,43)(H,40,42). The molecule has 1 aliphatic heterocycles. The Balaban J connectivity index is 1.14. The molecule has 236 valence electrons. The zero-order chi connectivity index (χ0) is 31.9. The second kappa shape index (κ2) is 14.4. The largest absolute Gasteiger partial charge is 0.459 e. The van der Waals surface area contributed by atoms with Crippen LogP contribution < -0.4 is 16.4 Å². The Morgan fingerprint density at radius 3 is 2.48 bits per heavy atom. The predicted octanol–water partition coefficient (Wildman–Crippen LogP) is 5.15. The summed E-state index contributed by atoms with van der Waals surface area (Å²) in [6, 6.07) is 28.9. The van der Waals surface area contributed by atoms with Crippen molar-refractivity contribution in [2.24, 2.45) is 0 Å². The zero-order valence-electron chi connectivity index (χ0n) is 25.4. The van der Waals surface area contributed by atoms with E-state index in [9.17, 15) is 9.59 Å². The van der Waals surface area contributed by atoms with E-state index in [1.807, 2.05) is 6.08 Å². The highest BCUT2D eigenvalue weighted by atomic mass is 16.7. The molecule has 2 aliphatic rings. The van der Waals surface area contributed by atoms with E-state index >= 15 is 0 Å². The van der Waals surface area contributed by atoms with Gasteiger partial charge in [-0.15, -0.1) is 0 Å². The molecule has 0 saturated heterocycles. The molecule has 0 saturated carbocycles. The molecule has 6 rings (SSSR count). The molecule has 9 heteroatoms. The second-order valence-electron chi connectivity index (χ2n) is 11.3. The van der Waals surface area contributed by atoms with Gasteiger partial charge in [0.15, 0.2) is 5.76 Å². The number of benzene rings is 4. The van der Waals surface area contributed by atoms with Gasteiger partial charge < -0.3 is 35.7 Å². The lowest BCUT2D eigenvalue weighted by Crippen LogP contribution is -2.33. The minimum Gasteiger partial charge on any atom is -0.459 e. The molecule has 0 radical (unpaired) electrons. The highest BCUT2D eigenvalue weighted by Gasteiger charge is 2.32. The molecular formula is C37H37N3O6. The van der Waals surface area contributed by atoms with E-state index in [2.05, 4.69) is 53.1 Å². The molecule has 4 aromatic carbocycles. The van der Waals surface area contributed by atoms with Gasteiger partial charge in [0.25, 0.3) is 11.8 Å². The van der Waals surface area contributed by atoms with Gasteiger partial charge in [-0.3, -0.25) is 9.59 Å². The van der Waals surface area contributed by atoms with Crippen LogP contribution in [-0.2, 0) is 32.0 Å². The molecule has 2 amide bonds. The SMILES string of the molecule is Nc1ccccc1NC(=O)c1ccc(CNC(=O)C2=CC(c3cccc4c3Cc3ccccc3-4)CC(OCCOCCO)O2)cc1. The predicted molar refractivity (Wildman–Crippen MR) is 176 cm³/mol. The number of ether oxygens (including phenoxy) is 3. The molecule has 0 aromatic heterocycles. The van der Waals surface area contributed by atoms with E-state index in [-0.39, 0.29) is 49.9 Å². The Bertz CT molecular complexity index is 1740. The van der Waals surface area contributed by atoms with Crippen LogP contribution in [0.3, 0.4) is 0 Å². The number of amides is 2. The summed E-state index contributed by atoms with van der Waals surface area (Å²) in [6.45, 7) is 0.985. The third kappa shape index (κ3) is 7.13. The van der Waals surface area contributed by atoms with Gasteiger partial charge in [0, 0.05) is 24.4 Å². The first-order valence-electron chi connectivity index (χ1n) is 15.4. The monoisotopic (exact) mass is 619 g/mol. The highest BCUT2D eigenvalue weighted by Crippen LogP contribution is 2.42. The fourth-order valence-electron chi connectivity index (χ4n) is 5.92. The van der Waals surface area contributed by atoms with Crippen molar-refractivity contribution in [1.82, 2.24) is 5.32 Å². The Labute approximate surface area is 268 Å². The average molecular weight is 620 g/mol. The number of fused-ring (bicyclic) bond motifs is 3. The van der Waals surface area contributed by atoms with Crippen molar-refractivity contribution >= 4 is 23.2 Å². The Morgan fingerprint density at radius 2 is 1.65 bits per heavy atom. The third-order valence-corrected chi connectivity index (χ3v) is 8.21. The average Bonchev–Trinajstić information content (AvgIpc) is 3.47. The van der Waals surface area contributed by atoms with Crippen molar-refractivity contribution < 1.29 is 28.9 Å². The summed E-state index contributed by atoms with van der Waals surface area (Å²) in [7, 11) is 0. The van der Waals surface area contributed by atoms with E-state index in [1.165, 1.54) is 22.3 Å². The van der Waals surface area contributed by atoms with E-state index in [4.69, 9.17) is 25.1 Å². The molecule has 9 nitrogen and oxygen atoms in total. The summed E-state index contributed by atoms with van der Waals surface area (Å²) in [5.74, 6) is -0.531. The van der Waals surface area contributed by atoms with Gasteiger partial charge in [-0.2, -0.15) is 0 Å². The molecular weight excluding hydrogens is 582 g/mol. The maximum atomic E-state index is 13.4. The number of hydrogen-bond donors (Lipinski definition) is 4. The van der Waals surface area contributed by atoms with Crippen LogP contribution in [0.25, 0.3) is 11.1 Å². The second-order valence-corrected chi connectivity index (χ2v) is 11.3. The van der Waals surface area contributed by atoms with E-state index in [0.717, 1.165) is 17.5 Å². The zero-order valence-corrected chi connectivity index (χ0v) is 25.4. The minimum absolute atomic E-state index is 0.0602. The van der Waals surface area contributed by atoms with E-state index < -0.39 is 6.29 Å². The maximum Gasteiger partial charge on any atom is 0.286 e. The van der Waals surface area contributed by atoms with Gasteiger partial charge in [-0.25, -0.2) is 0 Å². The number of allylic oxidation sites excluding steroid dienone is 1. The van der Waals surface area contributed by atoms with Crippen LogP contribution in [0.4, 0.5) is 11.4 Å². The molecule has 0 fully saturated rings. The van der Waals surface area contributed by atoms with Crippen molar-refractivity contribution in [3.05, 3.63) is 131 Å². The van der Waals surface area contributed by atoms with Crippen molar-refractivity contribution in [2.75, 3.05) is 37.5 Å². The molecule has 4 aromatic rings. The molecule has 0 spiro atoms. The number of carbonyl (C=O) groups excluding carboxylic acids is 2. The molecule has 1 heterocycles. The lowest BCUT2D eigenvalue weighted by atomic mass is 9.87. The first-order chi connectivity index (χ1) is 22.5. The number of nitrogens with one attached hydrogen (secondary N) is 2. The number of hydrogen-bond acceptors (Lipinski definition) is 7. The van der Waals surface area contributed by atoms with Crippen LogP contribution in [-0.4, -0.2) is 49.6 Å². The first-order valence-corrected chi connectivity index (χ1v) is 15.4. The van der Waals surface area contributed by atoms with Gasteiger partial charge in [0.1, 0.15) is 0 Å². The van der Waals surface area contributed by atoms with Gasteiger partial charge in [-0.05, 0) is 70.1 Å². The smallest absolute Gasteiger partial charge is 0.286 e. The molecule has 2 atom stereocenters. The van der Waals surface area contributed by atoms with Crippen LogP contribution in [0.1, 0.15) is 45.0 Å². The first kappa shape index (κ1) is 31.0. The fourth-order valence-corrected chi connectivity index (χ4v) is 5.92. The van der Waals surface area contributed by atoms with Gasteiger partial charge in [-0.1, -0.05) is 66.7 Å². The van der Waals surface area contributed by atoms with Gasteiger partial charge in [0.05, 0.1) is 37.8 Å². The number of aliphatic hydroxyl groups excluding tert-OH is 1. The summed E-state index contributed by atoms with van der Waals surface area (Å²) in [5.41, 5.74) is 14.4. The number of rotatable bonds is 12. The molecule has 46 heavy (non-hydrogen) atoms. The summed E-state index contributed by atoms with van der Waals surface area (Å²) in [6.07, 6.45) is 2.62. The van der Waals surface area contributed by atoms with Crippen molar-refractivity contribution in [2.45, 2.75) is 31.6 Å².